The number of aromatic nitrogens is 2. The SMILES string of the molecule is CCC(NC(=O)c1n[nH]c(C(C)C)c1S(=O)(=O)Cl)C(C)C. The number of carbonyl (C=O) groups is 1. The molecule has 0 aliphatic carbocycles. The molecule has 21 heavy (non-hydrogen) atoms. The first-order valence-electron chi connectivity index (χ1n) is 6.93. The molecule has 1 rings (SSSR count). The quantitative estimate of drug-likeness (QED) is 0.782. The van der Waals surface area contributed by atoms with Crippen LogP contribution in [0.25, 0.3) is 0 Å². The Bertz CT molecular complexity index is 608. The predicted octanol–water partition coefficient (Wildman–Crippen LogP) is 2.63. The molecule has 1 amide bonds. The van der Waals surface area contributed by atoms with E-state index in [1.807, 2.05) is 20.8 Å². The van der Waals surface area contributed by atoms with Crippen molar-refractivity contribution in [2.45, 2.75) is 57.9 Å². The number of rotatable bonds is 6. The molecule has 0 bridgehead atoms. The highest BCUT2D eigenvalue weighted by atomic mass is 35.7. The van der Waals surface area contributed by atoms with Crippen LogP contribution in [0.3, 0.4) is 0 Å². The second-order valence-electron chi connectivity index (χ2n) is 5.64. The minimum absolute atomic E-state index is 0.0532. The van der Waals surface area contributed by atoms with Crippen LogP contribution >= 0.6 is 10.7 Å². The Balaban J connectivity index is 3.23. The van der Waals surface area contributed by atoms with E-state index in [-0.39, 0.29) is 28.5 Å². The predicted molar refractivity (Wildman–Crippen MR) is 82.1 cm³/mol. The number of nitrogens with one attached hydrogen (secondary N) is 2. The number of nitrogens with zero attached hydrogens (tertiary/aromatic N) is 1. The third-order valence-electron chi connectivity index (χ3n) is 3.35. The van der Waals surface area contributed by atoms with Gasteiger partial charge in [-0.05, 0) is 18.3 Å². The van der Waals surface area contributed by atoms with E-state index < -0.39 is 15.0 Å². The molecule has 0 saturated heterocycles. The summed E-state index contributed by atoms with van der Waals surface area (Å²) in [6, 6.07) is -0.0532. The molecule has 0 spiro atoms. The lowest BCUT2D eigenvalue weighted by molar-refractivity contribution is 0.0916. The Morgan fingerprint density at radius 2 is 1.90 bits per heavy atom. The average molecular weight is 336 g/mol. The Hall–Kier alpha value is -1.08. The zero-order valence-electron chi connectivity index (χ0n) is 12.9. The van der Waals surface area contributed by atoms with Gasteiger partial charge in [0.15, 0.2) is 5.69 Å². The Morgan fingerprint density at radius 1 is 1.33 bits per heavy atom. The van der Waals surface area contributed by atoms with E-state index in [4.69, 9.17) is 10.7 Å². The normalized spacial score (nSPS) is 13.7. The highest BCUT2D eigenvalue weighted by Crippen LogP contribution is 2.27. The average Bonchev–Trinajstić information content (AvgIpc) is 2.79. The second kappa shape index (κ2) is 6.79. The number of hydrogen-bond acceptors (Lipinski definition) is 4. The molecule has 1 aromatic rings. The standard InChI is InChI=1S/C13H22ClN3O3S/c1-6-9(7(2)3)15-13(18)11-12(21(14,19)20)10(8(4)5)16-17-11/h7-9H,6H2,1-5H3,(H,15,18)(H,16,17). The molecule has 0 aliphatic heterocycles. The van der Waals surface area contributed by atoms with Crippen LogP contribution in [0.5, 0.6) is 0 Å². The lowest BCUT2D eigenvalue weighted by atomic mass is 10.0. The molecule has 1 unspecified atom stereocenters. The van der Waals surface area contributed by atoms with Crippen molar-refractivity contribution in [1.82, 2.24) is 15.5 Å². The van der Waals surface area contributed by atoms with Crippen molar-refractivity contribution >= 4 is 25.6 Å². The van der Waals surface area contributed by atoms with Crippen molar-refractivity contribution in [1.29, 1.82) is 0 Å². The monoisotopic (exact) mass is 335 g/mol. The van der Waals surface area contributed by atoms with Crippen molar-refractivity contribution < 1.29 is 13.2 Å². The number of H-pyrrole nitrogens is 1. The van der Waals surface area contributed by atoms with Crippen LogP contribution in [0.1, 0.15) is 63.1 Å². The van der Waals surface area contributed by atoms with Gasteiger partial charge >= 0.3 is 0 Å². The summed E-state index contributed by atoms with van der Waals surface area (Å²) in [7, 11) is 1.41. The zero-order valence-corrected chi connectivity index (χ0v) is 14.5. The molecular weight excluding hydrogens is 314 g/mol. The van der Waals surface area contributed by atoms with Gasteiger partial charge in [-0.25, -0.2) is 8.42 Å². The molecule has 1 aromatic heterocycles. The van der Waals surface area contributed by atoms with Crippen molar-refractivity contribution in [2.24, 2.45) is 5.92 Å². The molecule has 6 nitrogen and oxygen atoms in total. The fourth-order valence-corrected chi connectivity index (χ4v) is 3.50. The first-order valence-corrected chi connectivity index (χ1v) is 9.24. The third-order valence-corrected chi connectivity index (χ3v) is 4.71. The Kier molecular flexibility index (Phi) is 5.81. The lowest BCUT2D eigenvalue weighted by Gasteiger charge is -2.20. The molecule has 2 N–H and O–H groups in total. The summed E-state index contributed by atoms with van der Waals surface area (Å²) in [5, 5.41) is 9.26. The molecule has 8 heteroatoms. The molecule has 0 fully saturated rings. The third kappa shape index (κ3) is 4.20. The molecule has 120 valence electrons. The number of hydrogen-bond donors (Lipinski definition) is 2. The zero-order chi connectivity index (χ0) is 16.4. The van der Waals surface area contributed by atoms with Gasteiger partial charge < -0.3 is 5.32 Å². The minimum atomic E-state index is -4.06. The minimum Gasteiger partial charge on any atom is -0.348 e. The van der Waals surface area contributed by atoms with Crippen molar-refractivity contribution in [3.63, 3.8) is 0 Å². The van der Waals surface area contributed by atoms with Crippen molar-refractivity contribution in [2.75, 3.05) is 0 Å². The van der Waals surface area contributed by atoms with Gasteiger partial charge in [0.2, 0.25) is 0 Å². The van der Waals surface area contributed by atoms with Crippen LogP contribution in [0, 0.1) is 5.92 Å². The first kappa shape index (κ1) is 18.0. The largest absolute Gasteiger partial charge is 0.348 e. The van der Waals surface area contributed by atoms with Crippen molar-refractivity contribution in [3.8, 4) is 0 Å². The van der Waals surface area contributed by atoms with Gasteiger partial charge in [-0.1, -0.05) is 34.6 Å². The summed E-state index contributed by atoms with van der Waals surface area (Å²) in [5.41, 5.74) is 0.167. The smallest absolute Gasteiger partial charge is 0.273 e. The van der Waals surface area contributed by atoms with E-state index in [1.165, 1.54) is 0 Å². The Labute approximate surface area is 130 Å². The number of carbonyl (C=O) groups excluding carboxylic acids is 1. The van der Waals surface area contributed by atoms with Gasteiger partial charge in [0.25, 0.3) is 15.0 Å². The summed E-state index contributed by atoms with van der Waals surface area (Å²) >= 11 is 0. The fourth-order valence-electron chi connectivity index (χ4n) is 2.11. The van der Waals surface area contributed by atoms with Crippen LogP contribution in [-0.2, 0) is 9.05 Å². The molecule has 1 atom stereocenters. The van der Waals surface area contributed by atoms with Gasteiger partial charge in [0.1, 0.15) is 4.90 Å². The van der Waals surface area contributed by atoms with Gasteiger partial charge in [0, 0.05) is 16.7 Å². The van der Waals surface area contributed by atoms with E-state index in [9.17, 15) is 13.2 Å². The summed E-state index contributed by atoms with van der Waals surface area (Å²) in [4.78, 5) is 12.1. The molecule has 0 radical (unpaired) electrons. The number of halogens is 1. The van der Waals surface area contributed by atoms with Crippen molar-refractivity contribution in [3.05, 3.63) is 11.4 Å². The maximum absolute atomic E-state index is 12.3. The summed E-state index contributed by atoms with van der Waals surface area (Å²) in [6.07, 6.45) is 0.744. The van der Waals surface area contributed by atoms with Crippen LogP contribution in [-0.4, -0.2) is 30.6 Å². The van der Waals surface area contributed by atoms with Crippen LogP contribution in [0.4, 0.5) is 0 Å². The van der Waals surface area contributed by atoms with Gasteiger partial charge in [-0.15, -0.1) is 0 Å². The highest BCUT2D eigenvalue weighted by Gasteiger charge is 2.30. The lowest BCUT2D eigenvalue weighted by Crippen LogP contribution is -2.38. The molecule has 0 saturated carbocycles. The summed E-state index contributed by atoms with van der Waals surface area (Å²) < 4.78 is 23.5. The van der Waals surface area contributed by atoms with E-state index in [0.29, 0.717) is 5.69 Å². The van der Waals surface area contributed by atoms with E-state index in [1.54, 1.807) is 13.8 Å². The molecule has 1 heterocycles. The Morgan fingerprint density at radius 3 is 2.29 bits per heavy atom. The fraction of sp³-hybridized carbons (Fsp3) is 0.692. The topological polar surface area (TPSA) is 91.9 Å². The van der Waals surface area contributed by atoms with Crippen LogP contribution in [0.2, 0.25) is 0 Å². The van der Waals surface area contributed by atoms with E-state index >= 15 is 0 Å². The van der Waals surface area contributed by atoms with Gasteiger partial charge in [0.05, 0.1) is 5.69 Å². The van der Waals surface area contributed by atoms with Gasteiger partial charge in [-0.3, -0.25) is 9.89 Å². The maximum atomic E-state index is 12.3. The number of amides is 1. The van der Waals surface area contributed by atoms with E-state index in [0.717, 1.165) is 6.42 Å². The number of aromatic amines is 1. The van der Waals surface area contributed by atoms with E-state index in [2.05, 4.69) is 15.5 Å². The molecular formula is C13H22ClN3O3S. The maximum Gasteiger partial charge on any atom is 0.273 e. The molecule has 0 aromatic carbocycles. The molecule has 0 aliphatic rings. The van der Waals surface area contributed by atoms with Crippen LogP contribution in [0.15, 0.2) is 4.90 Å². The highest BCUT2D eigenvalue weighted by molar-refractivity contribution is 8.13. The first-order chi connectivity index (χ1) is 9.59. The van der Waals surface area contributed by atoms with Crippen LogP contribution < -0.4 is 5.32 Å². The second-order valence-corrected chi connectivity index (χ2v) is 8.14. The van der Waals surface area contributed by atoms with Gasteiger partial charge in [-0.2, -0.15) is 5.10 Å². The summed E-state index contributed by atoms with van der Waals surface area (Å²) in [6.45, 7) is 9.51. The summed E-state index contributed by atoms with van der Waals surface area (Å²) in [5.74, 6) is -0.439.